The highest BCUT2D eigenvalue weighted by atomic mass is 19.1. The molecule has 2 aromatic carbocycles. The summed E-state index contributed by atoms with van der Waals surface area (Å²) in [7, 11) is 0. The van der Waals surface area contributed by atoms with E-state index in [4.69, 9.17) is 0 Å². The lowest BCUT2D eigenvalue weighted by Crippen LogP contribution is -2.23. The lowest BCUT2D eigenvalue weighted by molar-refractivity contribution is -0.116. The van der Waals surface area contributed by atoms with Crippen LogP contribution < -0.4 is 10.9 Å². The minimum absolute atomic E-state index is 0.0732. The number of benzene rings is 2. The molecule has 0 spiro atoms. The number of aromatic nitrogens is 3. The van der Waals surface area contributed by atoms with Crippen molar-refractivity contribution in [1.29, 1.82) is 0 Å². The highest BCUT2D eigenvalue weighted by Crippen LogP contribution is 2.20. The van der Waals surface area contributed by atoms with Crippen molar-refractivity contribution in [3.8, 4) is 0 Å². The smallest absolute Gasteiger partial charge is 0.277 e. The van der Waals surface area contributed by atoms with Gasteiger partial charge >= 0.3 is 0 Å². The topological polar surface area (TPSA) is 79.8 Å². The number of hydrogen-bond donors (Lipinski definition) is 2. The average Bonchev–Trinajstić information content (AvgIpc) is 3.01. The summed E-state index contributed by atoms with van der Waals surface area (Å²) in [5.74, 6) is -0.730. The Labute approximate surface area is 147 Å². The molecule has 0 fully saturated rings. The summed E-state index contributed by atoms with van der Waals surface area (Å²) in [5, 5.41) is 3.49. The SMILES string of the molecule is O=C(CCn1cnc2c([nH]c3ccccc32)c1=O)Nc1cccc(F)c1. The van der Waals surface area contributed by atoms with E-state index in [-0.39, 0.29) is 24.4 Å². The third kappa shape index (κ3) is 2.95. The molecule has 0 aliphatic heterocycles. The fraction of sp³-hybridized carbons (Fsp3) is 0.105. The Balaban J connectivity index is 1.54. The van der Waals surface area contributed by atoms with Gasteiger partial charge in [0.05, 0.1) is 6.33 Å². The highest BCUT2D eigenvalue weighted by molar-refractivity contribution is 6.04. The summed E-state index contributed by atoms with van der Waals surface area (Å²) < 4.78 is 14.5. The molecule has 2 heterocycles. The molecule has 0 radical (unpaired) electrons. The molecule has 4 rings (SSSR count). The maximum absolute atomic E-state index is 13.1. The van der Waals surface area contributed by atoms with Gasteiger partial charge in [0.1, 0.15) is 16.9 Å². The molecule has 0 bridgehead atoms. The number of aryl methyl sites for hydroxylation is 1. The van der Waals surface area contributed by atoms with Crippen LogP contribution in [0.5, 0.6) is 0 Å². The van der Waals surface area contributed by atoms with Crippen molar-refractivity contribution in [3.05, 3.63) is 71.0 Å². The van der Waals surface area contributed by atoms with E-state index in [2.05, 4.69) is 15.3 Å². The van der Waals surface area contributed by atoms with Gasteiger partial charge < -0.3 is 10.3 Å². The lowest BCUT2D eigenvalue weighted by atomic mass is 10.2. The first-order valence-electron chi connectivity index (χ1n) is 8.13. The van der Waals surface area contributed by atoms with E-state index in [0.717, 1.165) is 10.9 Å². The fourth-order valence-corrected chi connectivity index (χ4v) is 2.91. The number of nitrogens with zero attached hydrogens (tertiary/aromatic N) is 2. The summed E-state index contributed by atoms with van der Waals surface area (Å²) in [5.41, 5.74) is 2.02. The molecular weight excluding hydrogens is 335 g/mol. The maximum atomic E-state index is 13.1. The summed E-state index contributed by atoms with van der Waals surface area (Å²) in [6, 6.07) is 13.2. The van der Waals surface area contributed by atoms with Gasteiger partial charge in [-0.3, -0.25) is 14.2 Å². The Morgan fingerprint density at radius 3 is 2.88 bits per heavy atom. The quantitative estimate of drug-likeness (QED) is 0.594. The van der Waals surface area contributed by atoms with Gasteiger partial charge in [-0.05, 0) is 24.3 Å². The van der Waals surface area contributed by atoms with Crippen molar-refractivity contribution in [2.75, 3.05) is 5.32 Å². The van der Waals surface area contributed by atoms with Gasteiger partial charge in [-0.25, -0.2) is 9.37 Å². The molecule has 2 N–H and O–H groups in total. The number of carbonyl (C=O) groups excluding carboxylic acids is 1. The van der Waals surface area contributed by atoms with E-state index < -0.39 is 5.82 Å². The van der Waals surface area contributed by atoms with Gasteiger partial charge in [-0.2, -0.15) is 0 Å². The van der Waals surface area contributed by atoms with Gasteiger partial charge in [0.2, 0.25) is 5.91 Å². The van der Waals surface area contributed by atoms with Crippen LogP contribution in [0.25, 0.3) is 21.9 Å². The molecule has 6 nitrogen and oxygen atoms in total. The van der Waals surface area contributed by atoms with Crippen LogP contribution in [0.2, 0.25) is 0 Å². The van der Waals surface area contributed by atoms with Gasteiger partial charge in [0.15, 0.2) is 0 Å². The van der Waals surface area contributed by atoms with E-state index in [1.165, 1.54) is 29.1 Å². The standard InChI is InChI=1S/C19H15FN4O2/c20-12-4-3-5-13(10-12)22-16(25)8-9-24-11-21-17-14-6-1-2-7-15(14)23-18(17)19(24)26/h1-7,10-11,23H,8-9H2,(H,22,25). The van der Waals surface area contributed by atoms with Gasteiger partial charge in [-0.1, -0.05) is 24.3 Å². The van der Waals surface area contributed by atoms with Crippen molar-refractivity contribution in [1.82, 2.24) is 14.5 Å². The Morgan fingerprint density at radius 1 is 1.19 bits per heavy atom. The van der Waals surface area contributed by atoms with Crippen LogP contribution in [-0.2, 0) is 11.3 Å². The number of carbonyl (C=O) groups is 1. The summed E-state index contributed by atoms with van der Waals surface area (Å²) in [6.45, 7) is 0.179. The molecule has 7 heteroatoms. The van der Waals surface area contributed by atoms with Crippen molar-refractivity contribution < 1.29 is 9.18 Å². The zero-order valence-corrected chi connectivity index (χ0v) is 13.7. The van der Waals surface area contributed by atoms with Crippen LogP contribution in [0.3, 0.4) is 0 Å². The number of fused-ring (bicyclic) bond motifs is 3. The third-order valence-electron chi connectivity index (χ3n) is 4.17. The molecule has 26 heavy (non-hydrogen) atoms. The second-order valence-electron chi connectivity index (χ2n) is 5.95. The van der Waals surface area contributed by atoms with Crippen LogP contribution in [0.1, 0.15) is 6.42 Å². The van der Waals surface area contributed by atoms with E-state index in [9.17, 15) is 14.0 Å². The van der Waals surface area contributed by atoms with Gasteiger partial charge in [0, 0.05) is 29.6 Å². The van der Waals surface area contributed by atoms with E-state index in [1.54, 1.807) is 6.07 Å². The van der Waals surface area contributed by atoms with Crippen molar-refractivity contribution in [2.45, 2.75) is 13.0 Å². The monoisotopic (exact) mass is 350 g/mol. The number of anilines is 1. The third-order valence-corrected chi connectivity index (χ3v) is 4.17. The number of para-hydroxylation sites is 1. The molecular formula is C19H15FN4O2. The molecule has 1 amide bonds. The van der Waals surface area contributed by atoms with Gasteiger partial charge in [-0.15, -0.1) is 0 Å². The van der Waals surface area contributed by atoms with Crippen LogP contribution >= 0.6 is 0 Å². The van der Waals surface area contributed by atoms with Crippen molar-refractivity contribution in [3.63, 3.8) is 0 Å². The molecule has 0 unspecified atom stereocenters. The lowest BCUT2D eigenvalue weighted by Gasteiger charge is -2.07. The number of halogens is 1. The predicted molar refractivity (Wildman–Crippen MR) is 97.5 cm³/mol. The molecule has 0 saturated carbocycles. The highest BCUT2D eigenvalue weighted by Gasteiger charge is 2.11. The molecule has 0 saturated heterocycles. The summed E-state index contributed by atoms with van der Waals surface area (Å²) in [4.78, 5) is 32.1. The molecule has 0 atom stereocenters. The number of hydrogen-bond acceptors (Lipinski definition) is 3. The molecule has 4 aromatic rings. The molecule has 0 aliphatic carbocycles. The number of nitrogens with one attached hydrogen (secondary N) is 2. The van der Waals surface area contributed by atoms with E-state index in [1.807, 2.05) is 24.3 Å². The fourth-order valence-electron chi connectivity index (χ4n) is 2.91. The second kappa shape index (κ2) is 6.44. The first kappa shape index (κ1) is 16.0. The molecule has 0 aliphatic rings. The Morgan fingerprint density at radius 2 is 2.04 bits per heavy atom. The Bertz CT molecular complexity index is 1180. The Hall–Kier alpha value is -3.48. The molecule has 130 valence electrons. The maximum Gasteiger partial charge on any atom is 0.277 e. The van der Waals surface area contributed by atoms with Gasteiger partial charge in [0.25, 0.3) is 5.56 Å². The minimum atomic E-state index is -0.424. The van der Waals surface area contributed by atoms with Crippen LogP contribution in [0.15, 0.2) is 59.7 Å². The second-order valence-corrected chi connectivity index (χ2v) is 5.95. The van der Waals surface area contributed by atoms with E-state index in [0.29, 0.717) is 16.7 Å². The zero-order chi connectivity index (χ0) is 18.1. The summed E-state index contributed by atoms with van der Waals surface area (Å²) in [6.07, 6.45) is 1.52. The summed E-state index contributed by atoms with van der Waals surface area (Å²) >= 11 is 0. The minimum Gasteiger partial charge on any atom is -0.349 e. The van der Waals surface area contributed by atoms with Crippen LogP contribution in [0.4, 0.5) is 10.1 Å². The normalized spacial score (nSPS) is 11.1. The predicted octanol–water partition coefficient (Wildman–Crippen LogP) is 3.05. The first-order valence-corrected chi connectivity index (χ1v) is 8.13. The van der Waals surface area contributed by atoms with Crippen LogP contribution in [0, 0.1) is 5.82 Å². The number of amides is 1. The number of H-pyrrole nitrogens is 1. The largest absolute Gasteiger partial charge is 0.349 e. The number of aromatic amines is 1. The molecule has 2 aromatic heterocycles. The Kier molecular flexibility index (Phi) is 3.96. The zero-order valence-electron chi connectivity index (χ0n) is 13.7. The van der Waals surface area contributed by atoms with Crippen molar-refractivity contribution in [2.24, 2.45) is 0 Å². The number of rotatable bonds is 4. The average molecular weight is 350 g/mol. The van der Waals surface area contributed by atoms with Crippen LogP contribution in [-0.4, -0.2) is 20.4 Å². The first-order chi connectivity index (χ1) is 12.6. The van der Waals surface area contributed by atoms with E-state index >= 15 is 0 Å². The van der Waals surface area contributed by atoms with Crippen molar-refractivity contribution >= 4 is 33.5 Å².